The number of benzene rings is 2. The Morgan fingerprint density at radius 1 is 1.18 bits per heavy atom. The first-order valence-electron chi connectivity index (χ1n) is 9.45. The third-order valence-corrected chi connectivity index (χ3v) is 5.47. The molecule has 1 aliphatic heterocycles. The predicted molar refractivity (Wildman–Crippen MR) is 104 cm³/mol. The molecule has 1 amide bonds. The summed E-state index contributed by atoms with van der Waals surface area (Å²) < 4.78 is 13.5. The van der Waals surface area contributed by atoms with E-state index in [1.165, 1.54) is 17.0 Å². The van der Waals surface area contributed by atoms with Gasteiger partial charge in [0.05, 0.1) is 17.7 Å². The van der Waals surface area contributed by atoms with Crippen molar-refractivity contribution < 1.29 is 14.3 Å². The SMILES string of the molecule is CC[C@@H]1CN(C(=O)O)[C@@H](C)CN1C(c1ccc(F)cc1)c1ccc(C#N)cc1. The van der Waals surface area contributed by atoms with Crippen LogP contribution >= 0.6 is 0 Å². The van der Waals surface area contributed by atoms with Gasteiger partial charge in [-0.3, -0.25) is 4.90 Å². The van der Waals surface area contributed by atoms with Crippen LogP contribution in [-0.2, 0) is 0 Å². The van der Waals surface area contributed by atoms with Crippen LogP contribution in [0.1, 0.15) is 43.0 Å². The number of hydrogen-bond acceptors (Lipinski definition) is 3. The number of hydrogen-bond donors (Lipinski definition) is 1. The third-order valence-electron chi connectivity index (χ3n) is 5.47. The lowest BCUT2D eigenvalue weighted by Crippen LogP contribution is -2.59. The molecule has 0 aromatic heterocycles. The zero-order valence-electron chi connectivity index (χ0n) is 16.0. The average molecular weight is 381 g/mol. The van der Waals surface area contributed by atoms with Gasteiger partial charge in [-0.2, -0.15) is 5.26 Å². The van der Waals surface area contributed by atoms with E-state index in [-0.39, 0.29) is 23.9 Å². The van der Waals surface area contributed by atoms with Crippen LogP contribution in [0, 0.1) is 17.1 Å². The lowest BCUT2D eigenvalue weighted by Gasteiger charge is -2.47. The van der Waals surface area contributed by atoms with Gasteiger partial charge in [0.2, 0.25) is 0 Å². The maximum atomic E-state index is 13.5. The monoisotopic (exact) mass is 381 g/mol. The molecule has 0 spiro atoms. The summed E-state index contributed by atoms with van der Waals surface area (Å²) in [5, 5.41) is 18.6. The molecule has 1 unspecified atom stereocenters. The molecule has 1 fully saturated rings. The van der Waals surface area contributed by atoms with Crippen LogP contribution in [0.5, 0.6) is 0 Å². The summed E-state index contributed by atoms with van der Waals surface area (Å²) in [4.78, 5) is 15.4. The fraction of sp³-hybridized carbons (Fsp3) is 0.364. The van der Waals surface area contributed by atoms with E-state index in [0.717, 1.165) is 17.5 Å². The molecule has 0 aliphatic carbocycles. The minimum atomic E-state index is -0.901. The molecule has 3 rings (SSSR count). The van der Waals surface area contributed by atoms with Crippen LogP contribution in [0.15, 0.2) is 48.5 Å². The van der Waals surface area contributed by atoms with Crippen LogP contribution in [-0.4, -0.2) is 46.2 Å². The fourth-order valence-electron chi connectivity index (χ4n) is 3.97. The molecule has 28 heavy (non-hydrogen) atoms. The second kappa shape index (κ2) is 8.41. The van der Waals surface area contributed by atoms with Crippen molar-refractivity contribution in [1.29, 1.82) is 5.26 Å². The lowest BCUT2D eigenvalue weighted by atomic mass is 9.92. The first-order chi connectivity index (χ1) is 13.4. The largest absolute Gasteiger partial charge is 0.465 e. The second-order valence-electron chi connectivity index (χ2n) is 7.23. The molecule has 0 bridgehead atoms. The molecule has 0 radical (unpaired) electrons. The summed E-state index contributed by atoms with van der Waals surface area (Å²) in [6.45, 7) is 4.97. The number of rotatable bonds is 4. The summed E-state index contributed by atoms with van der Waals surface area (Å²) in [6, 6.07) is 15.7. The highest BCUT2D eigenvalue weighted by Gasteiger charge is 2.37. The normalized spacial score (nSPS) is 21.1. The van der Waals surface area contributed by atoms with Crippen molar-refractivity contribution in [2.75, 3.05) is 13.1 Å². The summed E-state index contributed by atoms with van der Waals surface area (Å²) in [5.41, 5.74) is 2.53. The molecule has 3 atom stereocenters. The van der Waals surface area contributed by atoms with Crippen LogP contribution in [0.3, 0.4) is 0 Å². The number of halogens is 1. The summed E-state index contributed by atoms with van der Waals surface area (Å²) in [6.07, 6.45) is -0.105. The number of nitrogens with zero attached hydrogens (tertiary/aromatic N) is 3. The van der Waals surface area contributed by atoms with E-state index >= 15 is 0 Å². The maximum absolute atomic E-state index is 13.5. The van der Waals surface area contributed by atoms with Gasteiger partial charge in [-0.15, -0.1) is 0 Å². The van der Waals surface area contributed by atoms with Crippen LogP contribution in [0.25, 0.3) is 0 Å². The highest BCUT2D eigenvalue weighted by atomic mass is 19.1. The molecule has 1 heterocycles. The van der Waals surface area contributed by atoms with Crippen molar-refractivity contribution in [3.8, 4) is 6.07 Å². The van der Waals surface area contributed by atoms with Gasteiger partial charge in [-0.25, -0.2) is 9.18 Å². The molecule has 1 aliphatic rings. The Morgan fingerprint density at radius 2 is 1.75 bits per heavy atom. The zero-order valence-corrected chi connectivity index (χ0v) is 16.0. The van der Waals surface area contributed by atoms with Crippen LogP contribution in [0.4, 0.5) is 9.18 Å². The van der Waals surface area contributed by atoms with E-state index < -0.39 is 6.09 Å². The molecular formula is C22H24FN3O2. The van der Waals surface area contributed by atoms with Crippen molar-refractivity contribution >= 4 is 6.09 Å². The topological polar surface area (TPSA) is 67.6 Å². The third kappa shape index (κ3) is 4.00. The highest BCUT2D eigenvalue weighted by Crippen LogP contribution is 2.34. The molecule has 5 nitrogen and oxygen atoms in total. The summed E-state index contributed by atoms with van der Waals surface area (Å²) in [5.74, 6) is -0.293. The van der Waals surface area contributed by atoms with Gasteiger partial charge >= 0.3 is 6.09 Å². The minimum absolute atomic E-state index is 0.0398. The Labute approximate surface area is 164 Å². The number of piperazine rings is 1. The molecule has 146 valence electrons. The number of carbonyl (C=O) groups is 1. The molecule has 1 N–H and O–H groups in total. The van der Waals surface area contributed by atoms with E-state index in [0.29, 0.717) is 18.7 Å². The molecule has 6 heteroatoms. The van der Waals surface area contributed by atoms with Crippen molar-refractivity contribution in [3.05, 3.63) is 71.0 Å². The Bertz CT molecular complexity index is 861. The van der Waals surface area contributed by atoms with Gasteiger partial charge < -0.3 is 10.0 Å². The van der Waals surface area contributed by atoms with Crippen molar-refractivity contribution in [2.24, 2.45) is 0 Å². The zero-order chi connectivity index (χ0) is 20.3. The van der Waals surface area contributed by atoms with E-state index in [1.54, 1.807) is 24.3 Å². The van der Waals surface area contributed by atoms with Gasteiger partial charge in [0, 0.05) is 25.2 Å². The molecular weight excluding hydrogens is 357 g/mol. The van der Waals surface area contributed by atoms with Gasteiger partial charge in [0.25, 0.3) is 0 Å². The van der Waals surface area contributed by atoms with E-state index in [4.69, 9.17) is 5.26 Å². The number of nitriles is 1. The second-order valence-corrected chi connectivity index (χ2v) is 7.23. The number of carboxylic acid groups (broad SMARTS) is 1. The van der Waals surface area contributed by atoms with Crippen molar-refractivity contribution in [1.82, 2.24) is 9.80 Å². The van der Waals surface area contributed by atoms with E-state index in [1.807, 2.05) is 26.0 Å². The van der Waals surface area contributed by atoms with E-state index in [2.05, 4.69) is 11.0 Å². The highest BCUT2D eigenvalue weighted by molar-refractivity contribution is 5.65. The standard InChI is InChI=1S/C22H24FN3O2/c1-3-20-14-25(22(27)28)15(2)13-26(20)21(18-8-10-19(23)11-9-18)17-6-4-16(12-24)5-7-17/h4-11,15,20-21H,3,13-14H2,1-2H3,(H,27,28)/t15-,20+,21?/m0/s1. The van der Waals surface area contributed by atoms with Gasteiger partial charge in [0.15, 0.2) is 0 Å². The first-order valence-corrected chi connectivity index (χ1v) is 9.45. The predicted octanol–water partition coefficient (Wildman–Crippen LogP) is 4.25. The Balaban J connectivity index is 2.03. The quantitative estimate of drug-likeness (QED) is 0.860. The van der Waals surface area contributed by atoms with Crippen LogP contribution < -0.4 is 0 Å². The van der Waals surface area contributed by atoms with Gasteiger partial charge in [0.1, 0.15) is 5.82 Å². The molecule has 1 saturated heterocycles. The average Bonchev–Trinajstić information content (AvgIpc) is 2.70. The summed E-state index contributed by atoms with van der Waals surface area (Å²) >= 11 is 0. The Kier molecular flexibility index (Phi) is 5.96. The Hall–Kier alpha value is -2.91. The lowest BCUT2D eigenvalue weighted by molar-refractivity contribution is 0.0199. The molecule has 2 aromatic rings. The van der Waals surface area contributed by atoms with E-state index in [9.17, 15) is 14.3 Å². The molecule has 2 aromatic carbocycles. The van der Waals surface area contributed by atoms with Crippen molar-refractivity contribution in [2.45, 2.75) is 38.4 Å². The fourth-order valence-corrected chi connectivity index (χ4v) is 3.97. The van der Waals surface area contributed by atoms with Gasteiger partial charge in [-0.1, -0.05) is 31.2 Å². The molecule has 0 saturated carbocycles. The van der Waals surface area contributed by atoms with Crippen molar-refractivity contribution in [3.63, 3.8) is 0 Å². The number of amides is 1. The van der Waals surface area contributed by atoms with Crippen LogP contribution in [0.2, 0.25) is 0 Å². The smallest absolute Gasteiger partial charge is 0.407 e. The minimum Gasteiger partial charge on any atom is -0.465 e. The summed E-state index contributed by atoms with van der Waals surface area (Å²) in [7, 11) is 0. The Morgan fingerprint density at radius 3 is 2.25 bits per heavy atom. The first kappa shape index (κ1) is 19.8. The maximum Gasteiger partial charge on any atom is 0.407 e. The van der Waals surface area contributed by atoms with Gasteiger partial charge in [-0.05, 0) is 48.7 Å².